The van der Waals surface area contributed by atoms with Gasteiger partial charge in [0.15, 0.2) is 0 Å². The van der Waals surface area contributed by atoms with Gasteiger partial charge in [-0.3, -0.25) is 10.4 Å². The van der Waals surface area contributed by atoms with Gasteiger partial charge >= 0.3 is 5.97 Å². The number of carbonyl (C=O) groups excluding carboxylic acids is 1. The van der Waals surface area contributed by atoms with E-state index in [0.717, 1.165) is 5.56 Å². The van der Waals surface area contributed by atoms with Crippen LogP contribution in [0.15, 0.2) is 29.6 Å². The highest BCUT2D eigenvalue weighted by Gasteiger charge is 2.15. The third-order valence-corrected chi connectivity index (χ3v) is 3.29. The Morgan fingerprint density at radius 3 is 2.89 bits per heavy atom. The number of hydrazone groups is 1. The van der Waals surface area contributed by atoms with E-state index in [-0.39, 0.29) is 5.97 Å². The zero-order valence-corrected chi connectivity index (χ0v) is 11.3. The predicted molar refractivity (Wildman–Crippen MR) is 73.6 cm³/mol. The zero-order chi connectivity index (χ0) is 13.7. The highest BCUT2D eigenvalue weighted by molar-refractivity contribution is 7.17. The first-order valence-corrected chi connectivity index (χ1v) is 6.27. The molecule has 0 atom stereocenters. The van der Waals surface area contributed by atoms with Crippen LogP contribution in [0.5, 0.6) is 0 Å². The SMILES string of the molecule is COC(=O)c1sc(N/N=C/c2ccncc2)nc1C. The normalized spacial score (nSPS) is 10.6. The molecule has 2 heterocycles. The van der Waals surface area contributed by atoms with Gasteiger partial charge in [0.1, 0.15) is 4.88 Å². The van der Waals surface area contributed by atoms with Crippen molar-refractivity contribution in [1.82, 2.24) is 9.97 Å². The summed E-state index contributed by atoms with van der Waals surface area (Å²) in [6.45, 7) is 1.75. The van der Waals surface area contributed by atoms with Gasteiger partial charge in [0, 0.05) is 12.4 Å². The molecule has 2 rings (SSSR count). The summed E-state index contributed by atoms with van der Waals surface area (Å²) in [6.07, 6.45) is 5.02. The van der Waals surface area contributed by atoms with E-state index < -0.39 is 0 Å². The zero-order valence-electron chi connectivity index (χ0n) is 10.5. The van der Waals surface area contributed by atoms with Crippen LogP contribution in [-0.2, 0) is 4.74 Å². The van der Waals surface area contributed by atoms with Crippen LogP contribution in [0, 0.1) is 6.92 Å². The van der Waals surface area contributed by atoms with E-state index in [1.165, 1.54) is 18.4 Å². The first-order chi connectivity index (χ1) is 9.20. The van der Waals surface area contributed by atoms with Gasteiger partial charge in [0.2, 0.25) is 5.13 Å². The van der Waals surface area contributed by atoms with Crippen molar-refractivity contribution in [3.8, 4) is 0 Å². The Labute approximate surface area is 114 Å². The van der Waals surface area contributed by atoms with Crippen LogP contribution < -0.4 is 5.43 Å². The van der Waals surface area contributed by atoms with E-state index in [1.54, 1.807) is 25.5 Å². The Morgan fingerprint density at radius 2 is 2.21 bits per heavy atom. The number of aromatic nitrogens is 2. The van der Waals surface area contributed by atoms with Gasteiger partial charge in [0.25, 0.3) is 0 Å². The van der Waals surface area contributed by atoms with E-state index in [4.69, 9.17) is 0 Å². The lowest BCUT2D eigenvalue weighted by atomic mass is 10.3. The topological polar surface area (TPSA) is 76.5 Å². The van der Waals surface area contributed by atoms with Gasteiger partial charge in [-0.25, -0.2) is 9.78 Å². The van der Waals surface area contributed by atoms with Crippen LogP contribution in [0.25, 0.3) is 0 Å². The average molecular weight is 276 g/mol. The molecule has 0 unspecified atom stereocenters. The summed E-state index contributed by atoms with van der Waals surface area (Å²) in [7, 11) is 1.34. The molecule has 2 aromatic heterocycles. The number of hydrogen-bond acceptors (Lipinski definition) is 7. The van der Waals surface area contributed by atoms with E-state index in [1.807, 2.05) is 12.1 Å². The van der Waals surface area contributed by atoms with Gasteiger partial charge in [0.05, 0.1) is 19.0 Å². The van der Waals surface area contributed by atoms with Crippen LogP contribution in [0.1, 0.15) is 20.9 Å². The van der Waals surface area contributed by atoms with E-state index in [9.17, 15) is 4.79 Å². The van der Waals surface area contributed by atoms with Crippen molar-refractivity contribution < 1.29 is 9.53 Å². The summed E-state index contributed by atoms with van der Waals surface area (Å²) < 4.78 is 4.66. The minimum Gasteiger partial charge on any atom is -0.465 e. The number of hydrogen-bond donors (Lipinski definition) is 1. The molecule has 2 aromatic rings. The van der Waals surface area contributed by atoms with Crippen molar-refractivity contribution >= 4 is 28.7 Å². The highest BCUT2D eigenvalue weighted by Crippen LogP contribution is 2.23. The number of nitrogens with zero attached hydrogens (tertiary/aromatic N) is 3. The summed E-state index contributed by atoms with van der Waals surface area (Å²) in [4.78, 5) is 20.0. The average Bonchev–Trinajstić information content (AvgIpc) is 2.80. The van der Waals surface area contributed by atoms with Crippen LogP contribution in [-0.4, -0.2) is 29.3 Å². The molecule has 0 aliphatic carbocycles. The number of methoxy groups -OCH3 is 1. The van der Waals surface area contributed by atoms with Crippen LogP contribution >= 0.6 is 11.3 Å². The lowest BCUT2D eigenvalue weighted by molar-refractivity contribution is 0.0605. The maximum Gasteiger partial charge on any atom is 0.350 e. The molecule has 0 radical (unpaired) electrons. The molecule has 0 aliphatic rings. The molecule has 19 heavy (non-hydrogen) atoms. The number of carbonyl (C=O) groups is 1. The largest absolute Gasteiger partial charge is 0.465 e. The lowest BCUT2D eigenvalue weighted by Gasteiger charge is -1.93. The third kappa shape index (κ3) is 3.35. The number of ether oxygens (including phenoxy) is 1. The molecule has 0 fully saturated rings. The van der Waals surface area contributed by atoms with Crippen molar-refractivity contribution in [3.63, 3.8) is 0 Å². The van der Waals surface area contributed by atoms with Gasteiger partial charge in [-0.2, -0.15) is 5.10 Å². The van der Waals surface area contributed by atoms with Gasteiger partial charge in [-0.1, -0.05) is 11.3 Å². The van der Waals surface area contributed by atoms with E-state index in [2.05, 4.69) is 25.2 Å². The summed E-state index contributed by atoms with van der Waals surface area (Å²) >= 11 is 1.20. The first-order valence-electron chi connectivity index (χ1n) is 5.45. The number of nitrogens with one attached hydrogen (secondary N) is 1. The number of rotatable bonds is 4. The minimum atomic E-state index is -0.388. The first kappa shape index (κ1) is 13.2. The Kier molecular flexibility index (Phi) is 4.19. The van der Waals surface area contributed by atoms with Crippen LogP contribution in [0.3, 0.4) is 0 Å². The van der Waals surface area contributed by atoms with Crippen LogP contribution in [0.2, 0.25) is 0 Å². The molecule has 0 amide bonds. The number of pyridine rings is 1. The molecule has 0 aromatic carbocycles. The second kappa shape index (κ2) is 6.05. The van der Waals surface area contributed by atoms with Crippen LogP contribution in [0.4, 0.5) is 5.13 Å². The molecule has 0 aliphatic heterocycles. The summed E-state index contributed by atoms with van der Waals surface area (Å²) in [5, 5.41) is 4.59. The van der Waals surface area contributed by atoms with Gasteiger partial charge in [-0.05, 0) is 24.6 Å². The molecule has 0 saturated carbocycles. The number of thiazole rings is 1. The molecule has 0 bridgehead atoms. The monoisotopic (exact) mass is 276 g/mol. The summed E-state index contributed by atoms with van der Waals surface area (Å²) in [5.74, 6) is -0.388. The molecule has 0 spiro atoms. The van der Waals surface area contributed by atoms with Gasteiger partial charge in [-0.15, -0.1) is 0 Å². The minimum absolute atomic E-state index is 0.388. The number of aryl methyl sites for hydroxylation is 1. The van der Waals surface area contributed by atoms with Crippen molar-refractivity contribution in [3.05, 3.63) is 40.7 Å². The van der Waals surface area contributed by atoms with Gasteiger partial charge < -0.3 is 4.74 Å². The second-order valence-corrected chi connectivity index (χ2v) is 4.57. The standard InChI is InChI=1S/C12H12N4O2S/c1-8-10(11(17)18-2)19-12(15-8)16-14-7-9-3-5-13-6-4-9/h3-7H,1-2H3,(H,15,16)/b14-7+. The van der Waals surface area contributed by atoms with Crippen molar-refractivity contribution in [1.29, 1.82) is 0 Å². The Hall–Kier alpha value is -2.28. The molecule has 6 nitrogen and oxygen atoms in total. The summed E-state index contributed by atoms with van der Waals surface area (Å²) in [6, 6.07) is 3.66. The Morgan fingerprint density at radius 1 is 1.47 bits per heavy atom. The van der Waals surface area contributed by atoms with E-state index in [0.29, 0.717) is 15.7 Å². The molecule has 98 valence electrons. The maximum atomic E-state index is 11.4. The van der Waals surface area contributed by atoms with Crippen molar-refractivity contribution in [2.75, 3.05) is 12.5 Å². The van der Waals surface area contributed by atoms with Crippen molar-refractivity contribution in [2.45, 2.75) is 6.92 Å². The Balaban J connectivity index is 2.04. The summed E-state index contributed by atoms with van der Waals surface area (Å²) in [5.41, 5.74) is 4.33. The number of anilines is 1. The van der Waals surface area contributed by atoms with Crippen molar-refractivity contribution in [2.24, 2.45) is 5.10 Å². The number of esters is 1. The highest BCUT2D eigenvalue weighted by atomic mass is 32.1. The molecule has 0 saturated heterocycles. The molecule has 7 heteroatoms. The Bertz CT molecular complexity index is 595. The lowest BCUT2D eigenvalue weighted by Crippen LogP contribution is -1.99. The third-order valence-electron chi connectivity index (χ3n) is 2.25. The molecule has 1 N–H and O–H groups in total. The fraction of sp³-hybridized carbons (Fsp3) is 0.167. The molecular formula is C12H12N4O2S. The molecular weight excluding hydrogens is 264 g/mol. The predicted octanol–water partition coefficient (Wildman–Crippen LogP) is 2.08. The quantitative estimate of drug-likeness (QED) is 0.525. The fourth-order valence-electron chi connectivity index (χ4n) is 1.34. The second-order valence-electron chi connectivity index (χ2n) is 3.58. The smallest absolute Gasteiger partial charge is 0.350 e. The fourth-order valence-corrected chi connectivity index (χ4v) is 2.17. The van der Waals surface area contributed by atoms with E-state index >= 15 is 0 Å². The maximum absolute atomic E-state index is 11.4.